The van der Waals surface area contributed by atoms with E-state index in [1.807, 2.05) is 29.2 Å². The molecule has 1 aromatic rings. The number of hydrogen-bond donors (Lipinski definition) is 1. The van der Waals surface area contributed by atoms with Gasteiger partial charge in [0.25, 0.3) is 0 Å². The normalized spacial score (nSPS) is 18.0. The number of carbonyl (C=O) groups is 2. The van der Waals surface area contributed by atoms with E-state index >= 15 is 0 Å². The number of rotatable bonds is 3. The first-order chi connectivity index (χ1) is 9.61. The molecule has 0 bridgehead atoms. The minimum Gasteiger partial charge on any atom is -0.468 e. The van der Waals surface area contributed by atoms with Crippen molar-refractivity contribution in [1.82, 2.24) is 10.2 Å². The first-order valence-electron chi connectivity index (χ1n) is 6.46. The molecule has 1 aliphatic rings. The van der Waals surface area contributed by atoms with Gasteiger partial charge in [-0.25, -0.2) is 4.79 Å². The molecular weight excluding hydrogens is 324 g/mol. The summed E-state index contributed by atoms with van der Waals surface area (Å²) >= 11 is 3.41. The maximum atomic E-state index is 12.1. The van der Waals surface area contributed by atoms with E-state index in [0.717, 1.165) is 10.0 Å². The van der Waals surface area contributed by atoms with Crippen molar-refractivity contribution in [1.29, 1.82) is 0 Å². The van der Waals surface area contributed by atoms with Crippen LogP contribution in [0, 0.1) is 0 Å². The molecule has 1 saturated heterocycles. The van der Waals surface area contributed by atoms with Gasteiger partial charge in [0.1, 0.15) is 6.04 Å². The van der Waals surface area contributed by atoms with Gasteiger partial charge in [0.2, 0.25) is 5.91 Å². The van der Waals surface area contributed by atoms with E-state index in [1.54, 1.807) is 0 Å². The molecule has 1 atom stereocenters. The molecule has 0 saturated carbocycles. The zero-order valence-corrected chi connectivity index (χ0v) is 12.9. The molecule has 1 amide bonds. The number of hydrogen-bond acceptors (Lipinski definition) is 4. The fraction of sp³-hybridized carbons (Fsp3) is 0.429. The Bertz CT molecular complexity index is 507. The van der Waals surface area contributed by atoms with Gasteiger partial charge in [-0.05, 0) is 17.7 Å². The van der Waals surface area contributed by atoms with E-state index in [-0.39, 0.29) is 11.9 Å². The van der Waals surface area contributed by atoms with Gasteiger partial charge in [-0.2, -0.15) is 0 Å². The van der Waals surface area contributed by atoms with Crippen molar-refractivity contribution in [2.75, 3.05) is 26.7 Å². The summed E-state index contributed by atoms with van der Waals surface area (Å²) in [5.74, 6) is -0.289. The highest BCUT2D eigenvalue weighted by Crippen LogP contribution is 2.25. The van der Waals surface area contributed by atoms with Crippen LogP contribution in [-0.2, 0) is 14.3 Å². The first-order valence-corrected chi connectivity index (χ1v) is 7.25. The molecule has 1 N–H and O–H groups in total. The van der Waals surface area contributed by atoms with Gasteiger partial charge in [0.05, 0.1) is 7.11 Å². The molecule has 1 unspecified atom stereocenters. The number of amides is 1. The lowest BCUT2D eigenvalue weighted by Gasteiger charge is -2.28. The van der Waals surface area contributed by atoms with Crippen molar-refractivity contribution in [3.8, 4) is 0 Å². The van der Waals surface area contributed by atoms with Crippen LogP contribution in [0.5, 0.6) is 0 Å². The quantitative estimate of drug-likeness (QED) is 0.847. The third kappa shape index (κ3) is 3.58. The topological polar surface area (TPSA) is 58.6 Å². The lowest BCUT2D eigenvalue weighted by atomic mass is 10.1. The summed E-state index contributed by atoms with van der Waals surface area (Å²) in [6.07, 6.45) is 0.390. The second-order valence-electron chi connectivity index (χ2n) is 4.62. The third-order valence-corrected chi connectivity index (χ3v) is 3.79. The molecule has 0 aromatic heterocycles. The Morgan fingerprint density at radius 2 is 2.25 bits per heavy atom. The summed E-state index contributed by atoms with van der Waals surface area (Å²) in [5.41, 5.74) is 0.862. The monoisotopic (exact) mass is 340 g/mol. The molecule has 108 valence electrons. The van der Waals surface area contributed by atoms with E-state index in [9.17, 15) is 9.59 Å². The Hall–Kier alpha value is -1.40. The summed E-state index contributed by atoms with van der Waals surface area (Å²) < 4.78 is 5.84. The average Bonchev–Trinajstić information content (AvgIpc) is 2.64. The van der Waals surface area contributed by atoms with Gasteiger partial charge in [-0.3, -0.25) is 9.69 Å². The molecule has 0 radical (unpaired) electrons. The second kappa shape index (κ2) is 6.85. The van der Waals surface area contributed by atoms with Crippen molar-refractivity contribution in [3.63, 3.8) is 0 Å². The summed E-state index contributed by atoms with van der Waals surface area (Å²) in [6, 6.07) is 7.11. The maximum Gasteiger partial charge on any atom is 0.327 e. The number of esters is 1. The Morgan fingerprint density at radius 1 is 1.45 bits per heavy atom. The van der Waals surface area contributed by atoms with Gasteiger partial charge < -0.3 is 10.1 Å². The number of nitrogens with zero attached hydrogens (tertiary/aromatic N) is 1. The van der Waals surface area contributed by atoms with Crippen LogP contribution < -0.4 is 5.32 Å². The van der Waals surface area contributed by atoms with Crippen molar-refractivity contribution < 1.29 is 14.3 Å². The number of ether oxygens (including phenoxy) is 1. The number of nitrogens with one attached hydrogen (secondary N) is 1. The summed E-state index contributed by atoms with van der Waals surface area (Å²) in [5, 5.41) is 2.81. The van der Waals surface area contributed by atoms with Gasteiger partial charge in [0, 0.05) is 30.5 Å². The summed E-state index contributed by atoms with van der Waals surface area (Å²) in [7, 11) is 1.38. The molecule has 5 nitrogen and oxygen atoms in total. The molecular formula is C14H17BrN2O3. The molecule has 1 aliphatic heterocycles. The molecule has 1 aromatic carbocycles. The van der Waals surface area contributed by atoms with Crippen molar-refractivity contribution >= 4 is 27.8 Å². The molecule has 0 aliphatic carbocycles. The van der Waals surface area contributed by atoms with Crippen LogP contribution in [0.4, 0.5) is 0 Å². The Balaban J connectivity index is 2.27. The van der Waals surface area contributed by atoms with E-state index in [4.69, 9.17) is 4.74 Å². The van der Waals surface area contributed by atoms with Crippen LogP contribution in [0.2, 0.25) is 0 Å². The zero-order chi connectivity index (χ0) is 14.5. The maximum absolute atomic E-state index is 12.1. The zero-order valence-electron chi connectivity index (χ0n) is 11.3. The van der Waals surface area contributed by atoms with Crippen LogP contribution in [-0.4, -0.2) is 43.5 Å². The Morgan fingerprint density at radius 3 is 2.95 bits per heavy atom. The highest BCUT2D eigenvalue weighted by molar-refractivity contribution is 9.10. The van der Waals surface area contributed by atoms with Crippen molar-refractivity contribution in [2.45, 2.75) is 12.5 Å². The summed E-state index contributed by atoms with van der Waals surface area (Å²) in [6.45, 7) is 1.70. The average molecular weight is 341 g/mol. The number of carbonyl (C=O) groups excluding carboxylic acids is 2. The van der Waals surface area contributed by atoms with E-state index in [1.165, 1.54) is 7.11 Å². The standard InChI is InChI=1S/C14H17BrN2O3/c1-20-14(19)13(10-3-2-4-11(15)9-10)17-7-5-12(18)16-6-8-17/h2-4,9,13H,5-8H2,1H3,(H,16,18). The van der Waals surface area contributed by atoms with Crippen LogP contribution in [0.15, 0.2) is 28.7 Å². The lowest BCUT2D eigenvalue weighted by molar-refractivity contribution is -0.147. The molecule has 2 rings (SSSR count). The van der Waals surface area contributed by atoms with Crippen molar-refractivity contribution in [3.05, 3.63) is 34.3 Å². The fourth-order valence-electron chi connectivity index (χ4n) is 2.33. The Kier molecular flexibility index (Phi) is 5.14. The number of methoxy groups -OCH3 is 1. The molecule has 20 heavy (non-hydrogen) atoms. The highest BCUT2D eigenvalue weighted by Gasteiger charge is 2.30. The van der Waals surface area contributed by atoms with Gasteiger partial charge in [-0.1, -0.05) is 28.1 Å². The second-order valence-corrected chi connectivity index (χ2v) is 5.53. The van der Waals surface area contributed by atoms with Crippen LogP contribution >= 0.6 is 15.9 Å². The molecule has 0 spiro atoms. The minimum atomic E-state index is -0.481. The van der Waals surface area contributed by atoms with Crippen LogP contribution in [0.25, 0.3) is 0 Å². The SMILES string of the molecule is COC(=O)C(c1cccc(Br)c1)N1CCNC(=O)CC1. The molecule has 6 heteroatoms. The largest absolute Gasteiger partial charge is 0.468 e. The number of halogens is 1. The highest BCUT2D eigenvalue weighted by atomic mass is 79.9. The summed E-state index contributed by atoms with van der Waals surface area (Å²) in [4.78, 5) is 25.5. The van der Waals surface area contributed by atoms with Gasteiger partial charge in [-0.15, -0.1) is 0 Å². The van der Waals surface area contributed by atoms with E-state index in [2.05, 4.69) is 21.2 Å². The smallest absolute Gasteiger partial charge is 0.327 e. The number of benzene rings is 1. The first kappa shape index (κ1) is 15.0. The third-order valence-electron chi connectivity index (χ3n) is 3.30. The van der Waals surface area contributed by atoms with Crippen molar-refractivity contribution in [2.24, 2.45) is 0 Å². The predicted molar refractivity (Wildman–Crippen MR) is 78.1 cm³/mol. The predicted octanol–water partition coefficient (Wildman–Crippen LogP) is 1.49. The van der Waals surface area contributed by atoms with Crippen LogP contribution in [0.1, 0.15) is 18.0 Å². The minimum absolute atomic E-state index is 0.0189. The van der Waals surface area contributed by atoms with E-state index < -0.39 is 6.04 Å². The van der Waals surface area contributed by atoms with Gasteiger partial charge in [0.15, 0.2) is 0 Å². The molecule has 1 heterocycles. The Labute approximate surface area is 126 Å². The van der Waals surface area contributed by atoms with E-state index in [0.29, 0.717) is 26.1 Å². The van der Waals surface area contributed by atoms with Gasteiger partial charge >= 0.3 is 5.97 Å². The van der Waals surface area contributed by atoms with Crippen LogP contribution in [0.3, 0.4) is 0 Å². The molecule has 1 fully saturated rings. The lowest BCUT2D eigenvalue weighted by Crippen LogP contribution is -2.37. The fourth-order valence-corrected chi connectivity index (χ4v) is 2.74.